The van der Waals surface area contributed by atoms with E-state index in [0.29, 0.717) is 37.1 Å². The number of carbonyl (C=O) groups is 1. The summed E-state index contributed by atoms with van der Waals surface area (Å²) in [6, 6.07) is 4.70. The Kier molecular flexibility index (Phi) is 5.46. The number of aryl methyl sites for hydroxylation is 1. The molecule has 1 aromatic carbocycles. The molecule has 0 heterocycles. The van der Waals surface area contributed by atoms with Gasteiger partial charge in [0.05, 0.1) is 4.90 Å². The van der Waals surface area contributed by atoms with Gasteiger partial charge < -0.3 is 11.1 Å². The minimum absolute atomic E-state index is 0.0478. The number of rotatable bonds is 6. The molecule has 0 aliphatic carbocycles. The fraction of sp³-hybridized carbons (Fsp3) is 0.417. The second-order valence-corrected chi connectivity index (χ2v) is 5.69. The van der Waals surface area contributed by atoms with Gasteiger partial charge in [-0.05, 0) is 37.1 Å². The SMILES string of the molecule is CCc1ccc(NC(=O)CCCN)cc1S(N)(=O)=O. The largest absolute Gasteiger partial charge is 0.330 e. The summed E-state index contributed by atoms with van der Waals surface area (Å²) in [6.07, 6.45) is 1.44. The van der Waals surface area contributed by atoms with E-state index in [1.807, 2.05) is 6.92 Å². The van der Waals surface area contributed by atoms with E-state index in [1.54, 1.807) is 12.1 Å². The summed E-state index contributed by atoms with van der Waals surface area (Å²) in [6.45, 7) is 2.27. The van der Waals surface area contributed by atoms with Crippen molar-refractivity contribution >= 4 is 21.6 Å². The minimum atomic E-state index is -3.79. The van der Waals surface area contributed by atoms with Crippen molar-refractivity contribution in [2.75, 3.05) is 11.9 Å². The molecule has 19 heavy (non-hydrogen) atoms. The van der Waals surface area contributed by atoms with E-state index in [-0.39, 0.29) is 10.8 Å². The Morgan fingerprint density at radius 2 is 2.05 bits per heavy atom. The second kappa shape index (κ2) is 6.65. The third-order valence-electron chi connectivity index (χ3n) is 2.65. The number of anilines is 1. The van der Waals surface area contributed by atoms with Crippen molar-refractivity contribution in [2.24, 2.45) is 10.9 Å². The molecule has 5 N–H and O–H groups in total. The molecule has 1 rings (SSSR count). The number of amides is 1. The molecule has 0 radical (unpaired) electrons. The topological polar surface area (TPSA) is 115 Å². The number of primary sulfonamides is 1. The van der Waals surface area contributed by atoms with E-state index < -0.39 is 10.0 Å². The Morgan fingerprint density at radius 1 is 1.37 bits per heavy atom. The first-order valence-corrected chi connectivity index (χ1v) is 7.58. The molecule has 0 saturated carbocycles. The summed E-state index contributed by atoms with van der Waals surface area (Å²) in [5.74, 6) is -0.199. The maximum absolute atomic E-state index is 11.5. The van der Waals surface area contributed by atoms with Crippen LogP contribution >= 0.6 is 0 Å². The lowest BCUT2D eigenvalue weighted by Gasteiger charge is -2.10. The van der Waals surface area contributed by atoms with Crippen LogP contribution < -0.4 is 16.2 Å². The Balaban J connectivity index is 2.96. The van der Waals surface area contributed by atoms with Gasteiger partial charge in [0.25, 0.3) is 0 Å². The zero-order valence-electron chi connectivity index (χ0n) is 10.8. The molecule has 0 atom stereocenters. The predicted octanol–water partition coefficient (Wildman–Crippen LogP) is 0.574. The molecule has 106 valence electrons. The van der Waals surface area contributed by atoms with Crippen LogP contribution in [0.3, 0.4) is 0 Å². The highest BCUT2D eigenvalue weighted by Crippen LogP contribution is 2.20. The predicted molar refractivity (Wildman–Crippen MR) is 74.1 cm³/mol. The maximum Gasteiger partial charge on any atom is 0.238 e. The van der Waals surface area contributed by atoms with Gasteiger partial charge in [0.2, 0.25) is 15.9 Å². The molecule has 0 aliphatic heterocycles. The zero-order valence-corrected chi connectivity index (χ0v) is 11.7. The summed E-state index contributed by atoms with van der Waals surface area (Å²) in [5, 5.41) is 7.78. The van der Waals surface area contributed by atoms with Crippen molar-refractivity contribution in [3.05, 3.63) is 23.8 Å². The van der Waals surface area contributed by atoms with Crippen molar-refractivity contribution in [1.29, 1.82) is 0 Å². The molecule has 0 aromatic heterocycles. The van der Waals surface area contributed by atoms with Crippen LogP contribution in [0.1, 0.15) is 25.3 Å². The van der Waals surface area contributed by atoms with Gasteiger partial charge in [-0.2, -0.15) is 0 Å². The van der Waals surface area contributed by atoms with Crippen LogP contribution in [-0.2, 0) is 21.2 Å². The van der Waals surface area contributed by atoms with Crippen molar-refractivity contribution in [3.63, 3.8) is 0 Å². The molecular formula is C12H19N3O3S. The molecule has 7 heteroatoms. The van der Waals surface area contributed by atoms with Crippen LogP contribution in [0.4, 0.5) is 5.69 Å². The summed E-state index contributed by atoms with van der Waals surface area (Å²) in [7, 11) is -3.79. The van der Waals surface area contributed by atoms with Gasteiger partial charge in [0.15, 0.2) is 0 Å². The third kappa shape index (κ3) is 4.62. The summed E-state index contributed by atoms with van der Waals surface area (Å²) >= 11 is 0. The quantitative estimate of drug-likeness (QED) is 0.708. The Morgan fingerprint density at radius 3 is 2.58 bits per heavy atom. The first-order chi connectivity index (χ1) is 8.88. The molecule has 1 aromatic rings. The lowest BCUT2D eigenvalue weighted by Crippen LogP contribution is -2.17. The van der Waals surface area contributed by atoms with Gasteiger partial charge in [-0.25, -0.2) is 13.6 Å². The average Bonchev–Trinajstić information content (AvgIpc) is 2.35. The van der Waals surface area contributed by atoms with Gasteiger partial charge in [0.1, 0.15) is 0 Å². The van der Waals surface area contributed by atoms with Crippen molar-refractivity contribution in [2.45, 2.75) is 31.1 Å². The number of nitrogens with one attached hydrogen (secondary N) is 1. The van der Waals surface area contributed by atoms with Gasteiger partial charge in [-0.3, -0.25) is 4.79 Å². The van der Waals surface area contributed by atoms with Gasteiger partial charge in [-0.1, -0.05) is 13.0 Å². The molecule has 0 fully saturated rings. The summed E-state index contributed by atoms with van der Waals surface area (Å²) in [4.78, 5) is 11.6. The molecule has 0 bridgehead atoms. The molecule has 1 amide bonds. The number of hydrogen-bond acceptors (Lipinski definition) is 4. The van der Waals surface area contributed by atoms with E-state index >= 15 is 0 Å². The highest BCUT2D eigenvalue weighted by atomic mass is 32.2. The van der Waals surface area contributed by atoms with E-state index in [9.17, 15) is 13.2 Å². The number of hydrogen-bond donors (Lipinski definition) is 3. The number of nitrogens with two attached hydrogens (primary N) is 2. The number of benzene rings is 1. The maximum atomic E-state index is 11.5. The molecule has 0 unspecified atom stereocenters. The molecule has 6 nitrogen and oxygen atoms in total. The first kappa shape index (κ1) is 15.6. The minimum Gasteiger partial charge on any atom is -0.330 e. The molecule has 0 spiro atoms. The molecule has 0 saturated heterocycles. The molecule has 0 aliphatic rings. The standard InChI is InChI=1S/C12H19N3O3S/c1-2-9-5-6-10(8-11(9)19(14,17)18)15-12(16)4-3-7-13/h5-6,8H,2-4,7,13H2,1H3,(H,15,16)(H2,14,17,18). The van der Waals surface area contributed by atoms with Crippen LogP contribution in [0.15, 0.2) is 23.1 Å². The normalized spacial score (nSPS) is 11.3. The van der Waals surface area contributed by atoms with Gasteiger partial charge in [0, 0.05) is 12.1 Å². The summed E-state index contributed by atoms with van der Waals surface area (Å²) in [5.41, 5.74) is 6.36. The monoisotopic (exact) mass is 285 g/mol. The fourth-order valence-electron chi connectivity index (χ4n) is 1.68. The highest BCUT2D eigenvalue weighted by molar-refractivity contribution is 7.89. The van der Waals surface area contributed by atoms with Gasteiger partial charge >= 0.3 is 0 Å². The second-order valence-electron chi connectivity index (χ2n) is 4.16. The van der Waals surface area contributed by atoms with Crippen LogP contribution in [0.5, 0.6) is 0 Å². The van der Waals surface area contributed by atoms with E-state index in [1.165, 1.54) is 6.07 Å². The van der Waals surface area contributed by atoms with Crippen molar-refractivity contribution in [1.82, 2.24) is 0 Å². The van der Waals surface area contributed by atoms with Crippen LogP contribution in [0, 0.1) is 0 Å². The van der Waals surface area contributed by atoms with E-state index in [2.05, 4.69) is 5.32 Å². The van der Waals surface area contributed by atoms with Crippen LogP contribution in [0.2, 0.25) is 0 Å². The first-order valence-electron chi connectivity index (χ1n) is 6.04. The summed E-state index contributed by atoms with van der Waals surface area (Å²) < 4.78 is 22.9. The van der Waals surface area contributed by atoms with Crippen LogP contribution in [0.25, 0.3) is 0 Å². The number of carbonyl (C=O) groups excluding carboxylic acids is 1. The Bertz CT molecular complexity index is 555. The average molecular weight is 285 g/mol. The fourth-order valence-corrected chi connectivity index (χ4v) is 2.54. The zero-order chi connectivity index (χ0) is 14.5. The van der Waals surface area contributed by atoms with Crippen LogP contribution in [-0.4, -0.2) is 20.9 Å². The Labute approximate surface area is 113 Å². The van der Waals surface area contributed by atoms with Gasteiger partial charge in [-0.15, -0.1) is 0 Å². The number of sulfonamides is 1. The third-order valence-corrected chi connectivity index (χ3v) is 3.64. The lowest BCUT2D eigenvalue weighted by molar-refractivity contribution is -0.116. The van der Waals surface area contributed by atoms with E-state index in [0.717, 1.165) is 0 Å². The lowest BCUT2D eigenvalue weighted by atomic mass is 10.1. The highest BCUT2D eigenvalue weighted by Gasteiger charge is 2.14. The van der Waals surface area contributed by atoms with Crippen molar-refractivity contribution in [3.8, 4) is 0 Å². The smallest absolute Gasteiger partial charge is 0.238 e. The Hall–Kier alpha value is -1.44. The molecular weight excluding hydrogens is 266 g/mol. The van der Waals surface area contributed by atoms with Crippen molar-refractivity contribution < 1.29 is 13.2 Å². The van der Waals surface area contributed by atoms with E-state index in [4.69, 9.17) is 10.9 Å².